The summed E-state index contributed by atoms with van der Waals surface area (Å²) >= 11 is 0. The number of benzene rings is 1. The van der Waals surface area contributed by atoms with Gasteiger partial charge in [-0.2, -0.15) is 0 Å². The first-order valence-electron chi connectivity index (χ1n) is 8.79. The van der Waals surface area contributed by atoms with Gasteiger partial charge in [-0.3, -0.25) is 0 Å². The topological polar surface area (TPSA) is 39.9 Å². The van der Waals surface area contributed by atoms with Crippen molar-refractivity contribution in [1.29, 1.82) is 0 Å². The van der Waals surface area contributed by atoms with Crippen LogP contribution in [0.15, 0.2) is 42.9 Å². The average Bonchev–Trinajstić information content (AvgIpc) is 3.25. The Labute approximate surface area is 142 Å². The molecule has 0 unspecified atom stereocenters. The quantitative estimate of drug-likeness (QED) is 0.701. The number of pyridine rings is 1. The Morgan fingerprint density at radius 3 is 2.67 bits per heavy atom. The van der Waals surface area contributed by atoms with Gasteiger partial charge in [-0.25, -0.2) is 9.97 Å². The lowest BCUT2D eigenvalue weighted by Gasteiger charge is -2.11. The molecule has 1 aromatic carbocycles. The van der Waals surface area contributed by atoms with Crippen molar-refractivity contribution < 1.29 is 4.74 Å². The number of rotatable bonds is 5. The molecule has 2 heterocycles. The van der Waals surface area contributed by atoms with Gasteiger partial charge < -0.3 is 9.30 Å². The molecule has 0 aliphatic heterocycles. The number of ether oxygens (including phenoxy) is 1. The SMILES string of the molecule is Cc1ccc(-c2cnc3ncn(CCOC4CCCC4)c3c2)cc1. The molecular formula is C20H23N3O. The maximum atomic E-state index is 5.98. The molecule has 0 radical (unpaired) electrons. The number of imidazole rings is 1. The molecule has 0 N–H and O–H groups in total. The fourth-order valence-electron chi connectivity index (χ4n) is 3.40. The van der Waals surface area contributed by atoms with Crippen LogP contribution in [0, 0.1) is 6.92 Å². The van der Waals surface area contributed by atoms with Crippen LogP contribution in [0.2, 0.25) is 0 Å². The Balaban J connectivity index is 1.53. The summed E-state index contributed by atoms with van der Waals surface area (Å²) in [5, 5.41) is 0. The van der Waals surface area contributed by atoms with E-state index < -0.39 is 0 Å². The molecule has 0 amide bonds. The summed E-state index contributed by atoms with van der Waals surface area (Å²) < 4.78 is 8.13. The van der Waals surface area contributed by atoms with Crippen LogP contribution in [0.4, 0.5) is 0 Å². The van der Waals surface area contributed by atoms with E-state index in [9.17, 15) is 0 Å². The van der Waals surface area contributed by atoms with Crippen molar-refractivity contribution in [3.63, 3.8) is 0 Å². The van der Waals surface area contributed by atoms with Gasteiger partial charge in [-0.1, -0.05) is 42.7 Å². The van der Waals surface area contributed by atoms with E-state index in [1.54, 1.807) is 0 Å². The van der Waals surface area contributed by atoms with Gasteiger partial charge >= 0.3 is 0 Å². The molecule has 0 saturated heterocycles. The highest BCUT2D eigenvalue weighted by Gasteiger charge is 2.15. The molecule has 4 heteroatoms. The zero-order valence-electron chi connectivity index (χ0n) is 14.1. The standard InChI is InChI=1S/C20H23N3O/c1-15-6-8-16(9-7-15)17-12-19-20(21-13-17)22-14-23(19)10-11-24-18-4-2-3-5-18/h6-9,12-14,18H,2-5,10-11H2,1H3. The van der Waals surface area contributed by atoms with Crippen LogP contribution < -0.4 is 0 Å². The second-order valence-corrected chi connectivity index (χ2v) is 6.65. The van der Waals surface area contributed by atoms with Crippen LogP contribution in [0.25, 0.3) is 22.3 Å². The smallest absolute Gasteiger partial charge is 0.177 e. The number of aromatic nitrogens is 3. The van der Waals surface area contributed by atoms with E-state index in [0.717, 1.165) is 29.9 Å². The van der Waals surface area contributed by atoms with Gasteiger partial charge in [-0.15, -0.1) is 0 Å². The molecule has 0 spiro atoms. The summed E-state index contributed by atoms with van der Waals surface area (Å²) in [6, 6.07) is 10.7. The first-order chi connectivity index (χ1) is 11.8. The summed E-state index contributed by atoms with van der Waals surface area (Å²) in [4.78, 5) is 8.93. The molecule has 4 nitrogen and oxygen atoms in total. The van der Waals surface area contributed by atoms with E-state index in [1.807, 2.05) is 12.5 Å². The van der Waals surface area contributed by atoms with Crippen molar-refractivity contribution in [2.24, 2.45) is 0 Å². The largest absolute Gasteiger partial charge is 0.376 e. The number of hydrogen-bond acceptors (Lipinski definition) is 3. The fourth-order valence-corrected chi connectivity index (χ4v) is 3.40. The highest BCUT2D eigenvalue weighted by atomic mass is 16.5. The summed E-state index contributed by atoms with van der Waals surface area (Å²) in [6.07, 6.45) is 9.27. The van der Waals surface area contributed by atoms with E-state index in [0.29, 0.717) is 6.10 Å². The predicted molar refractivity (Wildman–Crippen MR) is 95.9 cm³/mol. The van der Waals surface area contributed by atoms with Crippen LogP contribution in [-0.2, 0) is 11.3 Å². The van der Waals surface area contributed by atoms with Crippen molar-refractivity contribution in [3.05, 3.63) is 48.4 Å². The molecular weight excluding hydrogens is 298 g/mol. The lowest BCUT2D eigenvalue weighted by Crippen LogP contribution is -2.12. The van der Waals surface area contributed by atoms with Crippen molar-refractivity contribution in [1.82, 2.24) is 14.5 Å². The monoisotopic (exact) mass is 321 g/mol. The second-order valence-electron chi connectivity index (χ2n) is 6.65. The summed E-state index contributed by atoms with van der Waals surface area (Å²) in [5.41, 5.74) is 5.45. The van der Waals surface area contributed by atoms with E-state index in [2.05, 4.69) is 51.8 Å². The third kappa shape index (κ3) is 3.20. The van der Waals surface area contributed by atoms with E-state index in [1.165, 1.54) is 36.8 Å². The summed E-state index contributed by atoms with van der Waals surface area (Å²) in [5.74, 6) is 0. The van der Waals surface area contributed by atoms with Crippen LogP contribution in [-0.4, -0.2) is 27.2 Å². The Morgan fingerprint density at radius 1 is 1.08 bits per heavy atom. The third-order valence-electron chi connectivity index (χ3n) is 4.85. The Kier molecular flexibility index (Phi) is 4.30. The van der Waals surface area contributed by atoms with Crippen LogP contribution in [0.1, 0.15) is 31.2 Å². The molecule has 2 aromatic heterocycles. The van der Waals surface area contributed by atoms with Gasteiger partial charge in [0.05, 0.1) is 24.6 Å². The van der Waals surface area contributed by atoms with Crippen molar-refractivity contribution in [3.8, 4) is 11.1 Å². The molecule has 3 aromatic rings. The van der Waals surface area contributed by atoms with Crippen molar-refractivity contribution in [2.75, 3.05) is 6.61 Å². The highest BCUT2D eigenvalue weighted by Crippen LogP contribution is 2.23. The molecule has 0 atom stereocenters. The van der Waals surface area contributed by atoms with E-state index in [-0.39, 0.29) is 0 Å². The van der Waals surface area contributed by atoms with Gasteiger partial charge in [0.15, 0.2) is 5.65 Å². The average molecular weight is 321 g/mol. The normalized spacial score (nSPS) is 15.4. The lowest BCUT2D eigenvalue weighted by atomic mass is 10.1. The van der Waals surface area contributed by atoms with Crippen LogP contribution >= 0.6 is 0 Å². The molecule has 0 bridgehead atoms. The molecule has 124 valence electrons. The number of hydrogen-bond donors (Lipinski definition) is 0. The summed E-state index contributed by atoms with van der Waals surface area (Å²) in [7, 11) is 0. The third-order valence-corrected chi connectivity index (χ3v) is 4.85. The van der Waals surface area contributed by atoms with E-state index >= 15 is 0 Å². The first kappa shape index (κ1) is 15.3. The maximum Gasteiger partial charge on any atom is 0.177 e. The number of fused-ring (bicyclic) bond motifs is 1. The first-order valence-corrected chi connectivity index (χ1v) is 8.79. The minimum absolute atomic E-state index is 0.459. The summed E-state index contributed by atoms with van der Waals surface area (Å²) in [6.45, 7) is 3.67. The lowest BCUT2D eigenvalue weighted by molar-refractivity contribution is 0.0534. The van der Waals surface area contributed by atoms with Crippen LogP contribution in [0.3, 0.4) is 0 Å². The Bertz CT molecular complexity index is 817. The van der Waals surface area contributed by atoms with Gasteiger partial charge in [0.1, 0.15) is 0 Å². The molecule has 1 aliphatic rings. The maximum absolute atomic E-state index is 5.98. The number of nitrogens with zero attached hydrogens (tertiary/aromatic N) is 3. The minimum atomic E-state index is 0.459. The van der Waals surface area contributed by atoms with Crippen molar-refractivity contribution >= 4 is 11.2 Å². The molecule has 1 fully saturated rings. The predicted octanol–water partition coefficient (Wildman–Crippen LogP) is 4.37. The van der Waals surface area contributed by atoms with Gasteiger partial charge in [0, 0.05) is 18.3 Å². The molecule has 1 aliphatic carbocycles. The van der Waals surface area contributed by atoms with Gasteiger partial charge in [-0.05, 0) is 31.4 Å². The Hall–Kier alpha value is -2.20. The fraction of sp³-hybridized carbons (Fsp3) is 0.400. The van der Waals surface area contributed by atoms with Crippen LogP contribution in [0.5, 0.6) is 0 Å². The Morgan fingerprint density at radius 2 is 1.88 bits per heavy atom. The van der Waals surface area contributed by atoms with E-state index in [4.69, 9.17) is 4.74 Å². The second kappa shape index (κ2) is 6.73. The molecule has 4 rings (SSSR count). The number of aryl methyl sites for hydroxylation is 1. The molecule has 24 heavy (non-hydrogen) atoms. The zero-order chi connectivity index (χ0) is 16.4. The van der Waals surface area contributed by atoms with Gasteiger partial charge in [0.25, 0.3) is 0 Å². The van der Waals surface area contributed by atoms with Crippen molar-refractivity contribution in [2.45, 2.75) is 45.3 Å². The zero-order valence-corrected chi connectivity index (χ0v) is 14.1. The molecule has 1 saturated carbocycles. The van der Waals surface area contributed by atoms with Gasteiger partial charge in [0.2, 0.25) is 0 Å². The minimum Gasteiger partial charge on any atom is -0.376 e. The highest BCUT2D eigenvalue weighted by molar-refractivity contribution is 5.78.